The highest BCUT2D eigenvalue weighted by Crippen LogP contribution is 2.09. The number of carboxylic acid groups (broad SMARTS) is 1. The molecule has 1 aromatic rings. The van der Waals surface area contributed by atoms with E-state index in [2.05, 4.69) is 0 Å². The normalized spacial score (nSPS) is 12.4. The maximum absolute atomic E-state index is 11.2. The second-order valence-electron chi connectivity index (χ2n) is 2.20. The molecule has 0 aromatic heterocycles. The molecule has 12 heavy (non-hydrogen) atoms. The van der Waals surface area contributed by atoms with E-state index >= 15 is 0 Å². The van der Waals surface area contributed by atoms with E-state index in [4.69, 9.17) is 5.11 Å². The summed E-state index contributed by atoms with van der Waals surface area (Å²) in [5.74, 6) is -1.37. The maximum Gasteiger partial charge on any atom is 0.354 e. The molecular weight excluding hydrogens is 176 g/mol. The summed E-state index contributed by atoms with van der Waals surface area (Å²) in [6.45, 7) is 0. The third-order valence-electron chi connectivity index (χ3n) is 1.26. The van der Waals surface area contributed by atoms with Crippen LogP contribution in [0.15, 0.2) is 35.2 Å². The van der Waals surface area contributed by atoms with Crippen LogP contribution in [0.2, 0.25) is 0 Å². The smallest absolute Gasteiger partial charge is 0.354 e. The summed E-state index contributed by atoms with van der Waals surface area (Å²) < 4.78 is 11.2. The monoisotopic (exact) mass is 184 g/mol. The first-order valence-corrected chi connectivity index (χ1v) is 4.67. The molecular formula is C8H8O3S. The van der Waals surface area contributed by atoms with E-state index in [9.17, 15) is 9.35 Å². The van der Waals surface area contributed by atoms with Crippen LogP contribution in [0.5, 0.6) is 0 Å². The SMILES string of the molecule is O=C(O)C[S+]([O-])c1ccccc1. The van der Waals surface area contributed by atoms with Gasteiger partial charge in [0.2, 0.25) is 5.75 Å². The summed E-state index contributed by atoms with van der Waals surface area (Å²) in [6.07, 6.45) is 0. The molecule has 0 fully saturated rings. The van der Waals surface area contributed by atoms with E-state index in [0.29, 0.717) is 4.90 Å². The molecule has 4 heteroatoms. The molecule has 0 heterocycles. The number of rotatable bonds is 3. The van der Waals surface area contributed by atoms with Gasteiger partial charge in [0, 0.05) is 0 Å². The van der Waals surface area contributed by atoms with E-state index in [0.717, 1.165) is 0 Å². The maximum atomic E-state index is 11.2. The van der Waals surface area contributed by atoms with Crippen LogP contribution in [-0.4, -0.2) is 21.4 Å². The molecule has 0 bridgehead atoms. The first kappa shape index (κ1) is 9.09. The van der Waals surface area contributed by atoms with Gasteiger partial charge in [-0.25, -0.2) is 4.79 Å². The predicted molar refractivity (Wildman–Crippen MR) is 45.4 cm³/mol. The summed E-state index contributed by atoms with van der Waals surface area (Å²) in [4.78, 5) is 10.7. The molecule has 64 valence electrons. The topological polar surface area (TPSA) is 60.4 Å². The summed E-state index contributed by atoms with van der Waals surface area (Å²) in [7, 11) is 0. The lowest BCUT2D eigenvalue weighted by Crippen LogP contribution is -2.15. The Kier molecular flexibility index (Phi) is 3.13. The van der Waals surface area contributed by atoms with Crippen molar-refractivity contribution >= 4 is 17.1 Å². The Morgan fingerprint density at radius 1 is 1.42 bits per heavy atom. The fourth-order valence-electron chi connectivity index (χ4n) is 0.768. The van der Waals surface area contributed by atoms with Gasteiger partial charge in [-0.3, -0.25) is 0 Å². The number of hydrogen-bond donors (Lipinski definition) is 1. The van der Waals surface area contributed by atoms with Crippen LogP contribution in [0, 0.1) is 0 Å². The van der Waals surface area contributed by atoms with Crippen molar-refractivity contribution in [3.05, 3.63) is 30.3 Å². The highest BCUT2D eigenvalue weighted by Gasteiger charge is 2.13. The van der Waals surface area contributed by atoms with Gasteiger partial charge >= 0.3 is 5.97 Å². The van der Waals surface area contributed by atoms with Gasteiger partial charge in [-0.05, 0) is 23.3 Å². The van der Waals surface area contributed by atoms with Crippen LogP contribution in [0.4, 0.5) is 0 Å². The molecule has 0 spiro atoms. The van der Waals surface area contributed by atoms with Crippen molar-refractivity contribution in [1.29, 1.82) is 0 Å². The molecule has 0 radical (unpaired) electrons. The molecule has 0 aliphatic rings. The van der Waals surface area contributed by atoms with Crippen molar-refractivity contribution in [3.8, 4) is 0 Å². The van der Waals surface area contributed by atoms with Gasteiger partial charge in [-0.2, -0.15) is 0 Å². The Labute approximate surface area is 73.2 Å². The predicted octanol–water partition coefficient (Wildman–Crippen LogP) is 0.879. The first-order valence-electron chi connectivity index (χ1n) is 3.35. The fraction of sp³-hybridized carbons (Fsp3) is 0.125. The van der Waals surface area contributed by atoms with Crippen LogP contribution in [-0.2, 0) is 16.0 Å². The van der Waals surface area contributed by atoms with Gasteiger partial charge in [0.15, 0.2) is 4.90 Å². The molecule has 0 saturated heterocycles. The fourth-order valence-corrected chi connectivity index (χ4v) is 1.62. The van der Waals surface area contributed by atoms with Gasteiger partial charge in [0.05, 0.1) is 0 Å². The summed E-state index contributed by atoms with van der Waals surface area (Å²) in [5, 5.41) is 8.35. The molecule has 3 nitrogen and oxygen atoms in total. The lowest BCUT2D eigenvalue weighted by atomic mass is 10.4. The van der Waals surface area contributed by atoms with E-state index in [1.807, 2.05) is 0 Å². The molecule has 1 aromatic carbocycles. The summed E-state index contributed by atoms with van der Waals surface area (Å²) in [6, 6.07) is 8.56. The van der Waals surface area contributed by atoms with Crippen LogP contribution in [0.25, 0.3) is 0 Å². The molecule has 0 aliphatic carbocycles. The number of carboxylic acids is 1. The highest BCUT2D eigenvalue weighted by molar-refractivity contribution is 7.92. The number of benzene rings is 1. The Hall–Kier alpha value is -1.00. The van der Waals surface area contributed by atoms with E-state index in [-0.39, 0.29) is 5.75 Å². The molecule has 0 amide bonds. The van der Waals surface area contributed by atoms with Gasteiger partial charge < -0.3 is 9.66 Å². The minimum atomic E-state index is -1.41. The Bertz CT molecular complexity index is 260. The largest absolute Gasteiger partial charge is 0.611 e. The number of aliphatic carboxylic acids is 1. The third kappa shape index (κ3) is 2.56. The molecule has 1 unspecified atom stereocenters. The zero-order chi connectivity index (χ0) is 8.97. The molecule has 1 N–H and O–H groups in total. The molecule has 0 aliphatic heterocycles. The van der Waals surface area contributed by atoms with Gasteiger partial charge in [-0.15, -0.1) is 0 Å². The number of carbonyl (C=O) groups is 1. The second-order valence-corrected chi connectivity index (χ2v) is 3.65. The van der Waals surface area contributed by atoms with Gasteiger partial charge in [-0.1, -0.05) is 18.2 Å². The number of hydrogen-bond acceptors (Lipinski definition) is 2. The lowest BCUT2D eigenvalue weighted by Gasteiger charge is -2.06. The standard InChI is InChI=1S/C8H8O3S/c9-8(10)6-12(11)7-4-2-1-3-5-7/h1-5H,6H2,(H,9,10). The van der Waals surface area contributed by atoms with Crippen LogP contribution in [0.3, 0.4) is 0 Å². The van der Waals surface area contributed by atoms with Crippen LogP contribution < -0.4 is 0 Å². The third-order valence-corrected chi connectivity index (χ3v) is 2.57. The molecule has 1 rings (SSSR count). The van der Waals surface area contributed by atoms with Crippen molar-refractivity contribution in [2.24, 2.45) is 0 Å². The van der Waals surface area contributed by atoms with Crippen molar-refractivity contribution < 1.29 is 14.5 Å². The van der Waals surface area contributed by atoms with E-state index in [1.165, 1.54) is 0 Å². The Morgan fingerprint density at radius 2 is 2.00 bits per heavy atom. The Balaban J connectivity index is 2.65. The summed E-state index contributed by atoms with van der Waals surface area (Å²) >= 11 is -1.41. The minimum absolute atomic E-state index is 0.329. The quantitative estimate of drug-likeness (QED) is 0.709. The Morgan fingerprint density at radius 3 is 2.50 bits per heavy atom. The van der Waals surface area contributed by atoms with E-state index in [1.54, 1.807) is 30.3 Å². The summed E-state index contributed by atoms with van der Waals surface area (Å²) in [5.41, 5.74) is 0. The van der Waals surface area contributed by atoms with Crippen LogP contribution >= 0.6 is 0 Å². The van der Waals surface area contributed by atoms with E-state index < -0.39 is 17.1 Å². The average molecular weight is 184 g/mol. The zero-order valence-corrected chi connectivity index (χ0v) is 7.08. The van der Waals surface area contributed by atoms with Gasteiger partial charge in [0.1, 0.15) is 0 Å². The first-order chi connectivity index (χ1) is 5.70. The zero-order valence-electron chi connectivity index (χ0n) is 6.27. The highest BCUT2D eigenvalue weighted by atomic mass is 32.2. The minimum Gasteiger partial charge on any atom is -0.611 e. The second kappa shape index (κ2) is 4.13. The molecule has 1 atom stereocenters. The average Bonchev–Trinajstić information content (AvgIpc) is 2.05. The van der Waals surface area contributed by atoms with Gasteiger partial charge in [0.25, 0.3) is 0 Å². The molecule has 0 saturated carbocycles. The van der Waals surface area contributed by atoms with Crippen molar-refractivity contribution in [3.63, 3.8) is 0 Å². The van der Waals surface area contributed by atoms with Crippen LogP contribution in [0.1, 0.15) is 0 Å². The lowest BCUT2D eigenvalue weighted by molar-refractivity contribution is -0.134. The van der Waals surface area contributed by atoms with Crippen molar-refractivity contribution in [2.45, 2.75) is 4.90 Å². The van der Waals surface area contributed by atoms with Crippen molar-refractivity contribution in [1.82, 2.24) is 0 Å². The van der Waals surface area contributed by atoms with Crippen molar-refractivity contribution in [2.75, 3.05) is 5.75 Å².